The van der Waals surface area contributed by atoms with E-state index in [0.717, 1.165) is 0 Å². The molecular weight excluding hydrogens is 172 g/mol. The minimum atomic E-state index is -4.91. The van der Waals surface area contributed by atoms with Gasteiger partial charge in [-0.25, -0.2) is 4.79 Å². The molecular formula is C4H2F4O3. The monoisotopic (exact) mass is 174 g/mol. The highest BCUT2D eigenvalue weighted by molar-refractivity contribution is 5.62. The van der Waals surface area contributed by atoms with Gasteiger partial charge in [-0.05, 0) is 0 Å². The van der Waals surface area contributed by atoms with Gasteiger partial charge in [0.1, 0.15) is 0 Å². The highest BCUT2D eigenvalue weighted by Crippen LogP contribution is 2.31. The van der Waals surface area contributed by atoms with Gasteiger partial charge in [-0.15, -0.1) is 0 Å². The van der Waals surface area contributed by atoms with E-state index in [1.54, 1.807) is 0 Å². The molecule has 0 amide bonds. The zero-order chi connectivity index (χ0) is 8.65. The zero-order valence-corrected chi connectivity index (χ0v) is 4.89. The first-order valence-corrected chi connectivity index (χ1v) is 2.49. The predicted octanol–water partition coefficient (Wildman–Crippen LogP) is 1.38. The molecule has 1 aliphatic rings. The minimum absolute atomic E-state index is 1.64. The van der Waals surface area contributed by atoms with Gasteiger partial charge < -0.3 is 9.47 Å². The van der Waals surface area contributed by atoms with E-state index in [1.807, 2.05) is 0 Å². The molecule has 1 aliphatic heterocycles. The molecule has 0 aromatic carbocycles. The third kappa shape index (κ3) is 1.52. The minimum Gasteiger partial charge on any atom is -0.414 e. The van der Waals surface area contributed by atoms with Crippen LogP contribution in [-0.4, -0.2) is 24.8 Å². The van der Waals surface area contributed by atoms with Gasteiger partial charge >= 0.3 is 12.3 Å². The molecule has 1 heterocycles. The predicted molar refractivity (Wildman–Crippen MR) is 22.3 cm³/mol. The molecule has 2 atom stereocenters. The molecule has 1 fully saturated rings. The Labute approximate surface area is 57.9 Å². The maximum absolute atomic E-state index is 12.0. The van der Waals surface area contributed by atoms with Gasteiger partial charge in [0.05, 0.1) is 0 Å². The number of carbonyl (C=O) groups is 1. The maximum atomic E-state index is 12.0. The van der Waals surface area contributed by atoms with Crippen molar-refractivity contribution in [3.63, 3.8) is 0 Å². The van der Waals surface area contributed by atoms with E-state index < -0.39 is 24.8 Å². The lowest BCUT2D eigenvalue weighted by atomic mass is 10.3. The van der Waals surface area contributed by atoms with Crippen LogP contribution >= 0.6 is 0 Å². The normalized spacial score (nSPS) is 31.5. The molecule has 2 unspecified atom stereocenters. The fraction of sp³-hybridized carbons (Fsp3) is 0.750. The summed E-state index contributed by atoms with van der Waals surface area (Å²) in [6.45, 7) is 0. The Morgan fingerprint density at radius 2 is 1.82 bits per heavy atom. The van der Waals surface area contributed by atoms with Crippen LogP contribution in [0.2, 0.25) is 0 Å². The van der Waals surface area contributed by atoms with Crippen LogP contribution in [0, 0.1) is 0 Å². The van der Waals surface area contributed by atoms with Crippen LogP contribution in [0.25, 0.3) is 0 Å². The van der Waals surface area contributed by atoms with Crippen molar-refractivity contribution in [2.45, 2.75) is 18.6 Å². The summed E-state index contributed by atoms with van der Waals surface area (Å²) < 4.78 is 53.7. The smallest absolute Gasteiger partial charge is 0.414 e. The molecule has 0 spiro atoms. The lowest BCUT2D eigenvalue weighted by molar-refractivity contribution is -0.216. The molecule has 0 saturated carbocycles. The van der Waals surface area contributed by atoms with Crippen molar-refractivity contribution in [3.05, 3.63) is 0 Å². The second-order valence-corrected chi connectivity index (χ2v) is 1.80. The van der Waals surface area contributed by atoms with E-state index in [1.165, 1.54) is 0 Å². The van der Waals surface area contributed by atoms with E-state index in [4.69, 9.17) is 0 Å². The van der Waals surface area contributed by atoms with Crippen LogP contribution in [0.5, 0.6) is 0 Å². The molecule has 0 aromatic heterocycles. The Hall–Kier alpha value is -1.01. The van der Waals surface area contributed by atoms with Crippen molar-refractivity contribution in [1.82, 2.24) is 0 Å². The first-order chi connectivity index (χ1) is 4.91. The highest BCUT2D eigenvalue weighted by Gasteiger charge is 2.55. The lowest BCUT2D eigenvalue weighted by Crippen LogP contribution is -2.35. The molecule has 1 rings (SSSR count). The average molecular weight is 174 g/mol. The van der Waals surface area contributed by atoms with Crippen LogP contribution in [0.3, 0.4) is 0 Å². The maximum Gasteiger partial charge on any atom is 0.511 e. The fourth-order valence-electron chi connectivity index (χ4n) is 0.554. The number of carbonyl (C=O) groups excluding carboxylic acids is 1. The second-order valence-electron chi connectivity index (χ2n) is 1.80. The second kappa shape index (κ2) is 2.24. The number of rotatable bonds is 0. The number of ether oxygens (including phenoxy) is 2. The SMILES string of the molecule is O=C1OC(F)C(C(F)(F)F)O1. The van der Waals surface area contributed by atoms with Crippen molar-refractivity contribution in [2.75, 3.05) is 0 Å². The van der Waals surface area contributed by atoms with Crippen LogP contribution in [0.4, 0.5) is 22.4 Å². The van der Waals surface area contributed by atoms with Gasteiger partial charge in [-0.2, -0.15) is 17.6 Å². The molecule has 0 aromatic rings. The van der Waals surface area contributed by atoms with E-state index >= 15 is 0 Å². The summed E-state index contributed by atoms with van der Waals surface area (Å²) in [7, 11) is 0. The molecule has 1 saturated heterocycles. The zero-order valence-electron chi connectivity index (χ0n) is 4.89. The Morgan fingerprint density at radius 1 is 1.27 bits per heavy atom. The van der Waals surface area contributed by atoms with Gasteiger partial charge in [0.2, 0.25) is 0 Å². The first-order valence-electron chi connectivity index (χ1n) is 2.49. The topological polar surface area (TPSA) is 35.5 Å². The Balaban J connectivity index is 2.67. The third-order valence-electron chi connectivity index (χ3n) is 0.993. The molecule has 0 N–H and O–H groups in total. The largest absolute Gasteiger partial charge is 0.511 e. The molecule has 0 aliphatic carbocycles. The van der Waals surface area contributed by atoms with Crippen LogP contribution in [-0.2, 0) is 9.47 Å². The summed E-state index contributed by atoms with van der Waals surface area (Å²) in [6, 6.07) is 0. The Morgan fingerprint density at radius 3 is 2.00 bits per heavy atom. The summed E-state index contributed by atoms with van der Waals surface area (Å²) in [6.07, 6.45) is -12.1. The van der Waals surface area contributed by atoms with Gasteiger partial charge in [0.25, 0.3) is 12.5 Å². The molecule has 7 heteroatoms. The number of hydrogen-bond donors (Lipinski definition) is 0. The van der Waals surface area contributed by atoms with Crippen molar-refractivity contribution in [1.29, 1.82) is 0 Å². The standard InChI is InChI=1S/C4H2F4O3/c5-2-1(4(6,7)8)10-3(9)11-2/h1-2H. The van der Waals surface area contributed by atoms with Gasteiger partial charge in [-0.1, -0.05) is 0 Å². The Bertz CT molecular complexity index is 177. The first kappa shape index (κ1) is 8.09. The van der Waals surface area contributed by atoms with E-state index in [9.17, 15) is 22.4 Å². The van der Waals surface area contributed by atoms with Crippen LogP contribution < -0.4 is 0 Å². The summed E-state index contributed by atoms with van der Waals surface area (Å²) >= 11 is 0. The summed E-state index contributed by atoms with van der Waals surface area (Å²) in [5, 5.41) is 0. The highest BCUT2D eigenvalue weighted by atomic mass is 19.4. The van der Waals surface area contributed by atoms with Crippen molar-refractivity contribution < 1.29 is 31.8 Å². The summed E-state index contributed by atoms with van der Waals surface area (Å²) in [5.41, 5.74) is 0. The van der Waals surface area contributed by atoms with Gasteiger partial charge in [0.15, 0.2) is 0 Å². The lowest BCUT2D eigenvalue weighted by Gasteiger charge is -2.11. The molecule has 0 radical (unpaired) electrons. The number of alkyl halides is 4. The average Bonchev–Trinajstić information content (AvgIpc) is 2.08. The summed E-state index contributed by atoms with van der Waals surface area (Å²) in [4.78, 5) is 9.93. The van der Waals surface area contributed by atoms with E-state index in [0.29, 0.717) is 0 Å². The molecule has 0 bridgehead atoms. The quantitative estimate of drug-likeness (QED) is 0.411. The van der Waals surface area contributed by atoms with Gasteiger partial charge in [0, 0.05) is 0 Å². The summed E-state index contributed by atoms with van der Waals surface area (Å²) in [5.74, 6) is 0. The van der Waals surface area contributed by atoms with Crippen molar-refractivity contribution in [2.24, 2.45) is 0 Å². The third-order valence-corrected chi connectivity index (χ3v) is 0.993. The molecule has 64 valence electrons. The fourth-order valence-corrected chi connectivity index (χ4v) is 0.554. The van der Waals surface area contributed by atoms with Crippen molar-refractivity contribution >= 4 is 6.16 Å². The van der Waals surface area contributed by atoms with Crippen LogP contribution in [0.1, 0.15) is 0 Å². The Kier molecular flexibility index (Phi) is 1.65. The number of cyclic esters (lactones) is 2. The van der Waals surface area contributed by atoms with Crippen molar-refractivity contribution in [3.8, 4) is 0 Å². The molecule has 11 heavy (non-hydrogen) atoms. The van der Waals surface area contributed by atoms with E-state index in [-0.39, 0.29) is 0 Å². The molecule has 3 nitrogen and oxygen atoms in total. The van der Waals surface area contributed by atoms with E-state index in [2.05, 4.69) is 9.47 Å². The number of hydrogen-bond acceptors (Lipinski definition) is 3. The number of halogens is 4. The van der Waals surface area contributed by atoms with Gasteiger partial charge in [-0.3, -0.25) is 0 Å². The van der Waals surface area contributed by atoms with Crippen LogP contribution in [0.15, 0.2) is 0 Å².